The van der Waals surface area contributed by atoms with Crippen molar-refractivity contribution in [2.24, 2.45) is 0 Å². The number of aromatic nitrogens is 2. The number of nitrogens with one attached hydrogen (secondary N) is 1. The number of amides is 1. The molecule has 0 saturated heterocycles. The molecule has 124 valence electrons. The number of hydrogen-bond donors (Lipinski definition) is 1. The molecule has 0 saturated carbocycles. The van der Waals surface area contributed by atoms with Crippen LogP contribution in [0.2, 0.25) is 0 Å². The Kier molecular flexibility index (Phi) is 4.25. The lowest BCUT2D eigenvalue weighted by molar-refractivity contribution is 0.0523. The number of ether oxygens (including phenoxy) is 1. The molecule has 0 fully saturated rings. The van der Waals surface area contributed by atoms with E-state index in [0.29, 0.717) is 6.54 Å². The van der Waals surface area contributed by atoms with Crippen molar-refractivity contribution in [3.63, 3.8) is 0 Å². The summed E-state index contributed by atoms with van der Waals surface area (Å²) >= 11 is 0. The van der Waals surface area contributed by atoms with Crippen LogP contribution in [0.25, 0.3) is 16.8 Å². The number of rotatable bonds is 3. The monoisotopic (exact) mass is 323 g/mol. The SMILES string of the molecule is CC(C)(C)OC(=O)NCc1cccc(-c2cn3cccc3cn2)c1. The van der Waals surface area contributed by atoms with Gasteiger partial charge in [0.1, 0.15) is 5.60 Å². The lowest BCUT2D eigenvalue weighted by atomic mass is 10.1. The van der Waals surface area contributed by atoms with Crippen LogP contribution in [0.5, 0.6) is 0 Å². The van der Waals surface area contributed by atoms with Gasteiger partial charge in [-0.15, -0.1) is 0 Å². The molecule has 0 aliphatic rings. The second-order valence-corrected chi connectivity index (χ2v) is 6.67. The molecular weight excluding hydrogens is 302 g/mol. The molecule has 1 aromatic carbocycles. The Hall–Kier alpha value is -2.82. The average molecular weight is 323 g/mol. The highest BCUT2D eigenvalue weighted by atomic mass is 16.6. The van der Waals surface area contributed by atoms with Gasteiger partial charge in [-0.05, 0) is 44.5 Å². The van der Waals surface area contributed by atoms with Gasteiger partial charge in [0, 0.05) is 24.5 Å². The van der Waals surface area contributed by atoms with Crippen molar-refractivity contribution in [3.8, 4) is 11.3 Å². The molecule has 0 spiro atoms. The van der Waals surface area contributed by atoms with Gasteiger partial charge in [0.2, 0.25) is 0 Å². The zero-order valence-corrected chi connectivity index (χ0v) is 14.1. The van der Waals surface area contributed by atoms with E-state index < -0.39 is 11.7 Å². The van der Waals surface area contributed by atoms with E-state index in [0.717, 1.165) is 22.3 Å². The summed E-state index contributed by atoms with van der Waals surface area (Å²) in [6.45, 7) is 5.94. The summed E-state index contributed by atoms with van der Waals surface area (Å²) in [4.78, 5) is 16.3. The third-order valence-corrected chi connectivity index (χ3v) is 3.47. The third kappa shape index (κ3) is 3.93. The molecule has 1 amide bonds. The second kappa shape index (κ2) is 6.35. The Bertz CT molecular complexity index is 862. The molecule has 0 aliphatic heterocycles. The fourth-order valence-corrected chi connectivity index (χ4v) is 2.41. The van der Waals surface area contributed by atoms with Crippen molar-refractivity contribution >= 4 is 11.6 Å². The van der Waals surface area contributed by atoms with Crippen molar-refractivity contribution in [3.05, 3.63) is 60.6 Å². The van der Waals surface area contributed by atoms with E-state index >= 15 is 0 Å². The summed E-state index contributed by atoms with van der Waals surface area (Å²) in [7, 11) is 0. The molecule has 2 heterocycles. The Labute approximate surface area is 141 Å². The minimum absolute atomic E-state index is 0.411. The van der Waals surface area contributed by atoms with E-state index in [9.17, 15) is 4.79 Å². The summed E-state index contributed by atoms with van der Waals surface area (Å²) in [6, 6.07) is 12.0. The van der Waals surface area contributed by atoms with Gasteiger partial charge in [-0.1, -0.05) is 18.2 Å². The van der Waals surface area contributed by atoms with Crippen molar-refractivity contribution < 1.29 is 9.53 Å². The van der Waals surface area contributed by atoms with Crippen LogP contribution in [-0.4, -0.2) is 21.1 Å². The van der Waals surface area contributed by atoms with Gasteiger partial charge < -0.3 is 14.5 Å². The molecule has 0 atom stereocenters. The zero-order chi connectivity index (χ0) is 17.2. The molecule has 0 radical (unpaired) electrons. The van der Waals surface area contributed by atoms with Crippen molar-refractivity contribution in [2.45, 2.75) is 32.9 Å². The molecule has 5 nitrogen and oxygen atoms in total. The lowest BCUT2D eigenvalue weighted by Crippen LogP contribution is -2.32. The van der Waals surface area contributed by atoms with Crippen molar-refractivity contribution in [1.29, 1.82) is 0 Å². The van der Waals surface area contributed by atoms with Gasteiger partial charge in [0.15, 0.2) is 0 Å². The molecule has 5 heteroatoms. The predicted octanol–water partition coefficient (Wildman–Crippen LogP) is 4.03. The number of carbonyl (C=O) groups excluding carboxylic acids is 1. The third-order valence-electron chi connectivity index (χ3n) is 3.47. The first-order valence-electron chi connectivity index (χ1n) is 7.90. The Morgan fingerprint density at radius 1 is 1.25 bits per heavy atom. The molecule has 0 unspecified atom stereocenters. The standard InChI is InChI=1S/C19H21N3O2/c1-19(2,3)24-18(23)21-11-14-6-4-7-15(10-14)17-13-22-9-5-8-16(22)12-20-17/h4-10,12-13H,11H2,1-3H3,(H,21,23). The van der Waals surface area contributed by atoms with Crippen LogP contribution < -0.4 is 5.32 Å². The first-order chi connectivity index (χ1) is 11.4. The zero-order valence-electron chi connectivity index (χ0n) is 14.1. The Balaban J connectivity index is 1.73. The van der Waals surface area contributed by atoms with E-state index in [4.69, 9.17) is 4.74 Å². The highest BCUT2D eigenvalue weighted by molar-refractivity contribution is 5.68. The fraction of sp³-hybridized carbons (Fsp3) is 0.263. The normalized spacial score (nSPS) is 11.5. The number of nitrogens with zero attached hydrogens (tertiary/aromatic N) is 2. The highest BCUT2D eigenvalue weighted by Crippen LogP contribution is 2.19. The number of benzene rings is 1. The van der Waals surface area contributed by atoms with Crippen LogP contribution in [0.15, 0.2) is 55.0 Å². The highest BCUT2D eigenvalue weighted by Gasteiger charge is 2.15. The molecule has 0 aliphatic carbocycles. The van der Waals surface area contributed by atoms with Crippen molar-refractivity contribution in [1.82, 2.24) is 14.7 Å². The van der Waals surface area contributed by atoms with Gasteiger partial charge in [-0.3, -0.25) is 4.98 Å². The first kappa shape index (κ1) is 16.1. The average Bonchev–Trinajstić information content (AvgIpc) is 2.99. The molecule has 3 aromatic rings. The van der Waals surface area contributed by atoms with E-state index in [1.165, 1.54) is 0 Å². The maximum absolute atomic E-state index is 11.8. The summed E-state index contributed by atoms with van der Waals surface area (Å²) in [6.07, 6.45) is 5.42. The molecule has 1 N–H and O–H groups in total. The smallest absolute Gasteiger partial charge is 0.407 e. The first-order valence-corrected chi connectivity index (χ1v) is 7.90. The molecule has 24 heavy (non-hydrogen) atoms. The van der Waals surface area contributed by atoms with Crippen LogP contribution in [0, 0.1) is 0 Å². The topological polar surface area (TPSA) is 55.6 Å². The minimum Gasteiger partial charge on any atom is -0.444 e. The summed E-state index contributed by atoms with van der Waals surface area (Å²) in [5.41, 5.74) is 3.45. The van der Waals surface area contributed by atoms with Crippen LogP contribution in [0.3, 0.4) is 0 Å². The number of carbonyl (C=O) groups is 1. The molecule has 0 bridgehead atoms. The van der Waals surface area contributed by atoms with Gasteiger partial charge in [-0.2, -0.15) is 0 Å². The van der Waals surface area contributed by atoms with E-state index in [-0.39, 0.29) is 0 Å². The van der Waals surface area contributed by atoms with E-state index in [1.807, 2.05) is 80.2 Å². The van der Waals surface area contributed by atoms with Crippen molar-refractivity contribution in [2.75, 3.05) is 0 Å². The second-order valence-electron chi connectivity index (χ2n) is 6.67. The van der Waals surface area contributed by atoms with Crippen LogP contribution in [0.4, 0.5) is 4.79 Å². The fourth-order valence-electron chi connectivity index (χ4n) is 2.41. The minimum atomic E-state index is -0.498. The van der Waals surface area contributed by atoms with E-state index in [2.05, 4.69) is 10.3 Å². The summed E-state index contributed by atoms with van der Waals surface area (Å²) < 4.78 is 7.28. The van der Waals surface area contributed by atoms with Crippen LogP contribution >= 0.6 is 0 Å². The summed E-state index contributed by atoms with van der Waals surface area (Å²) in [5, 5.41) is 2.77. The molecular formula is C19H21N3O2. The quantitative estimate of drug-likeness (QED) is 0.792. The number of hydrogen-bond acceptors (Lipinski definition) is 3. The lowest BCUT2D eigenvalue weighted by Gasteiger charge is -2.19. The van der Waals surface area contributed by atoms with Crippen LogP contribution in [0.1, 0.15) is 26.3 Å². The number of fused-ring (bicyclic) bond motifs is 1. The van der Waals surface area contributed by atoms with Gasteiger partial charge in [-0.25, -0.2) is 4.79 Å². The molecule has 3 rings (SSSR count). The maximum Gasteiger partial charge on any atom is 0.407 e. The largest absolute Gasteiger partial charge is 0.444 e. The van der Waals surface area contributed by atoms with Gasteiger partial charge in [0.25, 0.3) is 0 Å². The van der Waals surface area contributed by atoms with E-state index in [1.54, 1.807) is 0 Å². The summed E-state index contributed by atoms with van der Waals surface area (Å²) in [5.74, 6) is 0. The van der Waals surface area contributed by atoms with Gasteiger partial charge >= 0.3 is 6.09 Å². The maximum atomic E-state index is 11.8. The van der Waals surface area contributed by atoms with Crippen LogP contribution in [-0.2, 0) is 11.3 Å². The predicted molar refractivity (Wildman–Crippen MR) is 93.7 cm³/mol. The Morgan fingerprint density at radius 3 is 2.88 bits per heavy atom. The molecule has 2 aromatic heterocycles. The number of alkyl carbamates (subject to hydrolysis) is 1. The van der Waals surface area contributed by atoms with Gasteiger partial charge in [0.05, 0.1) is 17.4 Å². The Morgan fingerprint density at radius 2 is 2.08 bits per heavy atom.